The number of carbonyl (C=O) groups is 1. The van der Waals surface area contributed by atoms with Crippen LogP contribution >= 0.6 is 0 Å². The molecule has 0 heterocycles. The Morgan fingerprint density at radius 3 is 2.35 bits per heavy atom. The van der Waals surface area contributed by atoms with Crippen molar-refractivity contribution in [1.82, 2.24) is 15.5 Å². The van der Waals surface area contributed by atoms with Gasteiger partial charge in [0.25, 0.3) is 0 Å². The highest BCUT2D eigenvalue weighted by atomic mass is 16.3. The molecule has 2 amide bonds. The van der Waals surface area contributed by atoms with Gasteiger partial charge in [0.05, 0.1) is 0 Å². The monoisotopic (exact) mass is 245 g/mol. The van der Waals surface area contributed by atoms with Crippen LogP contribution in [0.25, 0.3) is 0 Å². The Labute approximate surface area is 105 Å². The molecule has 0 saturated carbocycles. The van der Waals surface area contributed by atoms with Gasteiger partial charge in [-0.05, 0) is 32.4 Å². The van der Waals surface area contributed by atoms with E-state index in [1.807, 2.05) is 32.8 Å². The molecule has 0 aromatic carbocycles. The van der Waals surface area contributed by atoms with Crippen LogP contribution in [-0.2, 0) is 0 Å². The van der Waals surface area contributed by atoms with E-state index < -0.39 is 0 Å². The van der Waals surface area contributed by atoms with Crippen LogP contribution in [-0.4, -0.2) is 56.4 Å². The minimum absolute atomic E-state index is 0.0525. The molecule has 102 valence electrons. The van der Waals surface area contributed by atoms with Crippen molar-refractivity contribution in [3.8, 4) is 0 Å². The molecule has 0 aromatic rings. The first-order valence-electron chi connectivity index (χ1n) is 6.15. The Balaban J connectivity index is 3.46. The number of likely N-dealkylation sites (N-methyl/N-ethyl adjacent to an activating group) is 1. The topological polar surface area (TPSA) is 64.6 Å². The predicted octanol–water partition coefficient (Wildman–Crippen LogP) is 0.646. The van der Waals surface area contributed by atoms with E-state index in [9.17, 15) is 4.79 Å². The van der Waals surface area contributed by atoms with Crippen LogP contribution in [0.3, 0.4) is 0 Å². The summed E-state index contributed by atoms with van der Waals surface area (Å²) in [6.45, 7) is 6.36. The van der Waals surface area contributed by atoms with Crippen molar-refractivity contribution in [2.75, 3.05) is 40.3 Å². The van der Waals surface area contributed by atoms with E-state index in [4.69, 9.17) is 5.11 Å². The lowest BCUT2D eigenvalue weighted by molar-refractivity contribution is 0.148. The zero-order chi connectivity index (χ0) is 13.3. The van der Waals surface area contributed by atoms with E-state index >= 15 is 0 Å². The molecule has 0 bridgehead atoms. The summed E-state index contributed by atoms with van der Waals surface area (Å²) in [7, 11) is 3.94. The van der Waals surface area contributed by atoms with E-state index in [0.717, 1.165) is 19.4 Å². The molecule has 0 aliphatic carbocycles. The maximum atomic E-state index is 11.3. The molecule has 0 atom stereocenters. The lowest BCUT2D eigenvalue weighted by atomic mass is 9.89. The quantitative estimate of drug-likeness (QED) is 0.550. The fraction of sp³-hybridized carbons (Fsp3) is 0.917. The molecular weight excluding hydrogens is 218 g/mol. The van der Waals surface area contributed by atoms with Crippen LogP contribution in [0.15, 0.2) is 0 Å². The summed E-state index contributed by atoms with van der Waals surface area (Å²) in [5, 5.41) is 14.7. The lowest BCUT2D eigenvalue weighted by Crippen LogP contribution is -2.39. The summed E-state index contributed by atoms with van der Waals surface area (Å²) < 4.78 is 0. The molecule has 17 heavy (non-hydrogen) atoms. The average Bonchev–Trinajstić information content (AvgIpc) is 2.24. The largest absolute Gasteiger partial charge is 0.396 e. The minimum atomic E-state index is -0.117. The zero-order valence-electron chi connectivity index (χ0n) is 11.5. The molecule has 0 rings (SSSR count). The molecule has 0 radical (unpaired) electrons. The van der Waals surface area contributed by atoms with Gasteiger partial charge in [-0.2, -0.15) is 0 Å². The molecule has 0 fully saturated rings. The lowest BCUT2D eigenvalue weighted by Gasteiger charge is -2.21. The van der Waals surface area contributed by atoms with Crippen molar-refractivity contribution in [3.05, 3.63) is 0 Å². The summed E-state index contributed by atoms with van der Waals surface area (Å²) >= 11 is 0. The standard InChI is InChI=1S/C12H27N3O2/c1-12(2,10-16)6-5-7-13-11(17)14-8-9-15(3)4/h16H,5-10H2,1-4H3,(H2,13,14,17). The number of carbonyl (C=O) groups excluding carboxylic acids is 1. The maximum Gasteiger partial charge on any atom is 0.314 e. The van der Waals surface area contributed by atoms with Gasteiger partial charge in [-0.25, -0.2) is 4.79 Å². The number of aliphatic hydroxyl groups excluding tert-OH is 1. The first-order chi connectivity index (χ1) is 7.87. The highest BCUT2D eigenvalue weighted by Gasteiger charge is 2.15. The molecule has 5 nitrogen and oxygen atoms in total. The number of urea groups is 1. The minimum Gasteiger partial charge on any atom is -0.396 e. The van der Waals surface area contributed by atoms with Gasteiger partial charge >= 0.3 is 6.03 Å². The number of nitrogens with zero attached hydrogens (tertiary/aromatic N) is 1. The van der Waals surface area contributed by atoms with Gasteiger partial charge in [0.15, 0.2) is 0 Å². The van der Waals surface area contributed by atoms with Crippen molar-refractivity contribution in [3.63, 3.8) is 0 Å². The second kappa shape index (κ2) is 8.31. The van der Waals surface area contributed by atoms with E-state index in [1.54, 1.807) is 0 Å². The molecule has 0 unspecified atom stereocenters. The normalized spacial score (nSPS) is 11.6. The van der Waals surface area contributed by atoms with Gasteiger partial charge in [-0.1, -0.05) is 13.8 Å². The second-order valence-corrected chi connectivity index (χ2v) is 5.41. The van der Waals surface area contributed by atoms with Gasteiger partial charge in [-0.3, -0.25) is 0 Å². The fourth-order valence-corrected chi connectivity index (χ4v) is 1.30. The van der Waals surface area contributed by atoms with Crippen molar-refractivity contribution >= 4 is 6.03 Å². The maximum absolute atomic E-state index is 11.3. The molecule has 0 aliphatic rings. The second-order valence-electron chi connectivity index (χ2n) is 5.41. The number of nitrogens with one attached hydrogen (secondary N) is 2. The van der Waals surface area contributed by atoms with E-state index in [1.165, 1.54) is 0 Å². The van der Waals surface area contributed by atoms with Crippen LogP contribution in [0.4, 0.5) is 4.79 Å². The molecule has 0 saturated heterocycles. The Bertz CT molecular complexity index is 218. The summed E-state index contributed by atoms with van der Waals surface area (Å²) in [6, 6.07) is -0.117. The number of amides is 2. The van der Waals surface area contributed by atoms with E-state index in [2.05, 4.69) is 10.6 Å². The average molecular weight is 245 g/mol. The van der Waals surface area contributed by atoms with Crippen LogP contribution in [0.2, 0.25) is 0 Å². The summed E-state index contributed by atoms with van der Waals surface area (Å²) in [5.74, 6) is 0. The Kier molecular flexibility index (Phi) is 7.91. The highest BCUT2D eigenvalue weighted by Crippen LogP contribution is 2.20. The Hall–Kier alpha value is -0.810. The van der Waals surface area contributed by atoms with Crippen molar-refractivity contribution < 1.29 is 9.90 Å². The number of rotatable bonds is 8. The van der Waals surface area contributed by atoms with Crippen molar-refractivity contribution in [1.29, 1.82) is 0 Å². The third kappa shape index (κ3) is 10.1. The summed E-state index contributed by atoms with van der Waals surface area (Å²) in [4.78, 5) is 13.3. The molecule has 3 N–H and O–H groups in total. The molecule has 5 heteroatoms. The first-order valence-corrected chi connectivity index (χ1v) is 6.15. The third-order valence-electron chi connectivity index (χ3n) is 2.59. The third-order valence-corrected chi connectivity index (χ3v) is 2.59. The first kappa shape index (κ1) is 16.2. The van der Waals surface area contributed by atoms with Gasteiger partial charge < -0.3 is 20.6 Å². The molecule has 0 aromatic heterocycles. The number of hydrogen-bond donors (Lipinski definition) is 3. The van der Waals surface area contributed by atoms with E-state index in [-0.39, 0.29) is 18.1 Å². The smallest absolute Gasteiger partial charge is 0.314 e. The van der Waals surface area contributed by atoms with Crippen molar-refractivity contribution in [2.24, 2.45) is 5.41 Å². The summed E-state index contributed by atoms with van der Waals surface area (Å²) in [6.07, 6.45) is 1.79. The van der Waals surface area contributed by atoms with Crippen LogP contribution in [0, 0.1) is 5.41 Å². The van der Waals surface area contributed by atoms with Crippen molar-refractivity contribution in [2.45, 2.75) is 26.7 Å². The number of aliphatic hydroxyl groups is 1. The van der Waals surface area contributed by atoms with Crippen LogP contribution in [0.1, 0.15) is 26.7 Å². The van der Waals surface area contributed by atoms with Crippen LogP contribution in [0.5, 0.6) is 0 Å². The fourth-order valence-electron chi connectivity index (χ4n) is 1.30. The SMILES string of the molecule is CN(C)CCNC(=O)NCCCC(C)(C)CO. The highest BCUT2D eigenvalue weighted by molar-refractivity contribution is 5.73. The van der Waals surface area contributed by atoms with Gasteiger partial charge in [0.1, 0.15) is 0 Å². The Morgan fingerprint density at radius 1 is 1.24 bits per heavy atom. The van der Waals surface area contributed by atoms with Crippen LogP contribution < -0.4 is 10.6 Å². The van der Waals surface area contributed by atoms with Gasteiger partial charge in [0, 0.05) is 26.2 Å². The molecule has 0 spiro atoms. The van der Waals surface area contributed by atoms with Gasteiger partial charge in [-0.15, -0.1) is 0 Å². The van der Waals surface area contributed by atoms with Gasteiger partial charge in [0.2, 0.25) is 0 Å². The van der Waals surface area contributed by atoms with E-state index in [0.29, 0.717) is 13.1 Å². The predicted molar refractivity (Wildman–Crippen MR) is 70.1 cm³/mol. The zero-order valence-corrected chi connectivity index (χ0v) is 11.5. The Morgan fingerprint density at radius 2 is 1.82 bits per heavy atom. The molecule has 0 aliphatic heterocycles. The summed E-state index contributed by atoms with van der Waals surface area (Å²) in [5.41, 5.74) is -0.0525. The number of hydrogen-bond acceptors (Lipinski definition) is 3. The molecular formula is C12H27N3O2.